The van der Waals surface area contributed by atoms with E-state index in [1.165, 1.54) is 0 Å². The summed E-state index contributed by atoms with van der Waals surface area (Å²) in [6.07, 6.45) is 6.59. The zero-order valence-corrected chi connectivity index (χ0v) is 13.2. The van der Waals surface area contributed by atoms with Gasteiger partial charge in [-0.25, -0.2) is 9.67 Å². The van der Waals surface area contributed by atoms with Gasteiger partial charge in [-0.15, -0.1) is 0 Å². The molecular formula is C17H22N4O2. The van der Waals surface area contributed by atoms with Crippen LogP contribution in [0.4, 0.5) is 0 Å². The first kappa shape index (κ1) is 15.5. The molecule has 0 radical (unpaired) electrons. The van der Waals surface area contributed by atoms with Gasteiger partial charge in [-0.1, -0.05) is 18.2 Å². The Morgan fingerprint density at radius 2 is 2.17 bits per heavy atom. The third-order valence-electron chi connectivity index (χ3n) is 4.11. The average Bonchev–Trinajstić information content (AvgIpc) is 3.14. The number of amides is 1. The van der Waals surface area contributed by atoms with E-state index in [1.54, 1.807) is 12.7 Å². The third kappa shape index (κ3) is 4.31. The first-order chi connectivity index (χ1) is 11.3. The van der Waals surface area contributed by atoms with E-state index in [0.29, 0.717) is 13.0 Å². The second-order valence-electron chi connectivity index (χ2n) is 5.78. The van der Waals surface area contributed by atoms with Gasteiger partial charge in [0.15, 0.2) is 0 Å². The summed E-state index contributed by atoms with van der Waals surface area (Å²) in [5.41, 5.74) is 0. The summed E-state index contributed by atoms with van der Waals surface area (Å²) in [6, 6.07) is 9.94. The summed E-state index contributed by atoms with van der Waals surface area (Å²) in [4.78, 5) is 18.3. The van der Waals surface area contributed by atoms with Crippen molar-refractivity contribution >= 4 is 5.91 Å². The van der Waals surface area contributed by atoms with E-state index in [1.807, 2.05) is 39.9 Å². The number of aromatic nitrogens is 3. The molecule has 1 saturated heterocycles. The summed E-state index contributed by atoms with van der Waals surface area (Å²) in [7, 11) is 0. The van der Waals surface area contributed by atoms with Crippen LogP contribution in [0.1, 0.15) is 31.7 Å². The highest BCUT2D eigenvalue weighted by Gasteiger charge is 2.24. The molecule has 0 N–H and O–H groups in total. The van der Waals surface area contributed by atoms with Crippen molar-refractivity contribution in [2.24, 2.45) is 0 Å². The molecule has 3 rings (SSSR count). The van der Waals surface area contributed by atoms with Crippen molar-refractivity contribution in [3.8, 4) is 5.75 Å². The maximum absolute atomic E-state index is 12.3. The average molecular weight is 314 g/mol. The number of benzene rings is 1. The Morgan fingerprint density at radius 1 is 1.30 bits per heavy atom. The Labute approximate surface area is 136 Å². The minimum absolute atomic E-state index is 0.200. The van der Waals surface area contributed by atoms with Crippen molar-refractivity contribution < 1.29 is 9.53 Å². The third-order valence-corrected chi connectivity index (χ3v) is 4.11. The maximum Gasteiger partial charge on any atom is 0.222 e. The fourth-order valence-corrected chi connectivity index (χ4v) is 2.89. The predicted molar refractivity (Wildman–Crippen MR) is 86.0 cm³/mol. The molecule has 6 heteroatoms. The first-order valence-electron chi connectivity index (χ1n) is 8.12. The van der Waals surface area contributed by atoms with E-state index in [0.717, 1.165) is 38.1 Å². The summed E-state index contributed by atoms with van der Waals surface area (Å²) in [5.74, 6) is 1.05. The lowest BCUT2D eigenvalue weighted by molar-refractivity contribution is -0.133. The summed E-state index contributed by atoms with van der Waals surface area (Å²) in [6.45, 7) is 2.13. The molecule has 1 fully saturated rings. The van der Waals surface area contributed by atoms with Crippen LogP contribution in [0.3, 0.4) is 0 Å². The van der Waals surface area contributed by atoms with Gasteiger partial charge >= 0.3 is 0 Å². The van der Waals surface area contributed by atoms with E-state index in [4.69, 9.17) is 4.74 Å². The number of likely N-dealkylation sites (tertiary alicyclic amines) is 1. The van der Waals surface area contributed by atoms with Gasteiger partial charge in [-0.05, 0) is 31.4 Å². The monoisotopic (exact) mass is 314 g/mol. The molecule has 2 heterocycles. The summed E-state index contributed by atoms with van der Waals surface area (Å²) >= 11 is 0. The number of para-hydroxylation sites is 1. The minimum atomic E-state index is 0.200. The number of nitrogens with zero attached hydrogens (tertiary/aromatic N) is 4. The topological polar surface area (TPSA) is 60.2 Å². The predicted octanol–water partition coefficient (Wildman–Crippen LogP) is 2.30. The number of ether oxygens (including phenoxy) is 1. The molecular weight excluding hydrogens is 292 g/mol. The van der Waals surface area contributed by atoms with E-state index in [-0.39, 0.29) is 11.9 Å². The summed E-state index contributed by atoms with van der Waals surface area (Å²) in [5, 5.41) is 4.19. The smallest absolute Gasteiger partial charge is 0.222 e. The van der Waals surface area contributed by atoms with Crippen LogP contribution in [0.25, 0.3) is 0 Å². The van der Waals surface area contributed by atoms with Crippen LogP contribution in [-0.4, -0.2) is 45.3 Å². The van der Waals surface area contributed by atoms with E-state index < -0.39 is 0 Å². The second kappa shape index (κ2) is 7.76. The molecule has 0 spiro atoms. The number of rotatable bonds is 6. The molecule has 0 saturated carbocycles. The molecule has 1 amide bonds. The molecule has 1 aromatic heterocycles. The van der Waals surface area contributed by atoms with Crippen molar-refractivity contribution in [1.82, 2.24) is 19.7 Å². The van der Waals surface area contributed by atoms with Gasteiger partial charge in [0.25, 0.3) is 0 Å². The molecule has 2 aromatic rings. The van der Waals surface area contributed by atoms with Crippen molar-refractivity contribution in [2.75, 3.05) is 19.7 Å². The normalized spacial score (nSPS) is 17.9. The number of hydrogen-bond donors (Lipinski definition) is 0. The van der Waals surface area contributed by atoms with Crippen LogP contribution in [0.5, 0.6) is 5.75 Å². The molecule has 0 bridgehead atoms. The van der Waals surface area contributed by atoms with Crippen LogP contribution < -0.4 is 4.74 Å². The quantitative estimate of drug-likeness (QED) is 0.768. The Bertz CT molecular complexity index is 600. The fourth-order valence-electron chi connectivity index (χ4n) is 2.89. The van der Waals surface area contributed by atoms with Gasteiger partial charge in [-0.2, -0.15) is 5.10 Å². The molecule has 0 aliphatic carbocycles. The molecule has 23 heavy (non-hydrogen) atoms. The van der Waals surface area contributed by atoms with Gasteiger partial charge in [0.05, 0.1) is 12.6 Å². The lowest BCUT2D eigenvalue weighted by atomic mass is 10.1. The zero-order chi connectivity index (χ0) is 15.9. The lowest BCUT2D eigenvalue weighted by Gasteiger charge is -2.32. The van der Waals surface area contributed by atoms with Crippen molar-refractivity contribution in [1.29, 1.82) is 0 Å². The number of hydrogen-bond acceptors (Lipinski definition) is 4. The number of carbonyl (C=O) groups excluding carboxylic acids is 1. The molecule has 1 atom stereocenters. The van der Waals surface area contributed by atoms with Crippen LogP contribution in [0.15, 0.2) is 43.0 Å². The first-order valence-corrected chi connectivity index (χ1v) is 8.12. The largest absolute Gasteiger partial charge is 0.494 e. The van der Waals surface area contributed by atoms with Gasteiger partial charge in [-0.3, -0.25) is 4.79 Å². The highest BCUT2D eigenvalue weighted by molar-refractivity contribution is 5.76. The highest BCUT2D eigenvalue weighted by Crippen LogP contribution is 2.21. The summed E-state index contributed by atoms with van der Waals surface area (Å²) < 4.78 is 7.49. The Balaban J connectivity index is 1.41. The SMILES string of the molecule is O=C(CCCOc1ccccc1)N1CCCC(n2cncn2)C1. The van der Waals surface area contributed by atoms with Gasteiger partial charge in [0.1, 0.15) is 18.4 Å². The van der Waals surface area contributed by atoms with E-state index in [9.17, 15) is 4.79 Å². The van der Waals surface area contributed by atoms with Crippen LogP contribution in [0, 0.1) is 0 Å². The van der Waals surface area contributed by atoms with Gasteiger partial charge < -0.3 is 9.64 Å². The highest BCUT2D eigenvalue weighted by atomic mass is 16.5. The van der Waals surface area contributed by atoms with Crippen LogP contribution in [0.2, 0.25) is 0 Å². The van der Waals surface area contributed by atoms with E-state index >= 15 is 0 Å². The zero-order valence-electron chi connectivity index (χ0n) is 13.2. The molecule has 1 aliphatic heterocycles. The van der Waals surface area contributed by atoms with Crippen molar-refractivity contribution in [2.45, 2.75) is 31.7 Å². The fraction of sp³-hybridized carbons (Fsp3) is 0.471. The van der Waals surface area contributed by atoms with Crippen LogP contribution in [-0.2, 0) is 4.79 Å². The number of piperidine rings is 1. The Kier molecular flexibility index (Phi) is 5.24. The van der Waals surface area contributed by atoms with Crippen LogP contribution >= 0.6 is 0 Å². The lowest BCUT2D eigenvalue weighted by Crippen LogP contribution is -2.40. The van der Waals surface area contributed by atoms with Gasteiger partial charge in [0.2, 0.25) is 5.91 Å². The van der Waals surface area contributed by atoms with Crippen molar-refractivity contribution in [3.63, 3.8) is 0 Å². The minimum Gasteiger partial charge on any atom is -0.494 e. The second-order valence-corrected chi connectivity index (χ2v) is 5.78. The van der Waals surface area contributed by atoms with Gasteiger partial charge in [0, 0.05) is 19.5 Å². The standard InChI is InChI=1S/C17H22N4O2/c22-17(9-5-11-23-16-7-2-1-3-8-16)20-10-4-6-15(12-20)21-14-18-13-19-21/h1-3,7-8,13-15H,4-6,9-12H2. The number of carbonyl (C=O) groups is 1. The molecule has 1 unspecified atom stereocenters. The molecule has 1 aliphatic rings. The Hall–Kier alpha value is -2.37. The Morgan fingerprint density at radius 3 is 2.96 bits per heavy atom. The van der Waals surface area contributed by atoms with E-state index in [2.05, 4.69) is 10.1 Å². The molecule has 6 nitrogen and oxygen atoms in total. The van der Waals surface area contributed by atoms with Crippen molar-refractivity contribution in [3.05, 3.63) is 43.0 Å². The molecule has 1 aromatic carbocycles. The maximum atomic E-state index is 12.3. The molecule has 122 valence electrons.